The Morgan fingerprint density at radius 1 is 1.41 bits per heavy atom. The number of nitrogens with one attached hydrogen (secondary N) is 1. The molecule has 3 N–H and O–H groups in total. The van der Waals surface area contributed by atoms with Crippen LogP contribution in [-0.4, -0.2) is 18.6 Å². The van der Waals surface area contributed by atoms with Crippen LogP contribution in [-0.2, 0) is 16.1 Å². The number of amides is 1. The highest BCUT2D eigenvalue weighted by Crippen LogP contribution is 2.26. The number of carbonyl (C=O) groups excluding carboxylic acids is 1. The highest BCUT2D eigenvalue weighted by molar-refractivity contribution is 5.90. The molecular weight excluding hydrogens is 300 g/mol. The van der Waals surface area contributed by atoms with Gasteiger partial charge in [-0.25, -0.2) is 0 Å². The van der Waals surface area contributed by atoms with Crippen molar-refractivity contribution in [3.8, 4) is 0 Å². The number of halogens is 1. The molecule has 2 rings (SSSR count). The fraction of sp³-hybridized carbons (Fsp3) is 0.588. The Bertz CT molecular complexity index is 468. The van der Waals surface area contributed by atoms with Gasteiger partial charge in [-0.2, -0.15) is 0 Å². The maximum atomic E-state index is 11.5. The molecule has 22 heavy (non-hydrogen) atoms. The number of hydrogen-bond donors (Lipinski definition) is 2. The van der Waals surface area contributed by atoms with Crippen molar-refractivity contribution < 1.29 is 9.53 Å². The van der Waals surface area contributed by atoms with Crippen molar-refractivity contribution in [1.29, 1.82) is 0 Å². The summed E-state index contributed by atoms with van der Waals surface area (Å²) in [6, 6.07) is 7.84. The standard InChI is InChI=1S/C17H26N2O2.ClH/c1-13-4-2-7-16(10-13)21-12-14-5-3-6-15(11-14)19-17(20)8-9-18;/h3,5-6,11,13,16H,2,4,7-10,12,18H2,1H3,(H,19,20);1H. The second kappa shape index (κ2) is 9.82. The third kappa shape index (κ3) is 6.34. The van der Waals surface area contributed by atoms with E-state index in [1.807, 2.05) is 24.3 Å². The smallest absolute Gasteiger partial charge is 0.225 e. The Labute approximate surface area is 139 Å². The van der Waals surface area contributed by atoms with Crippen molar-refractivity contribution in [3.63, 3.8) is 0 Å². The topological polar surface area (TPSA) is 64.3 Å². The molecule has 2 atom stereocenters. The first-order valence-electron chi connectivity index (χ1n) is 7.88. The molecule has 0 spiro atoms. The predicted octanol–water partition coefficient (Wildman–Crippen LogP) is 3.49. The fourth-order valence-corrected chi connectivity index (χ4v) is 2.84. The molecule has 1 aromatic carbocycles. The van der Waals surface area contributed by atoms with E-state index in [0.29, 0.717) is 25.7 Å². The Morgan fingerprint density at radius 3 is 2.95 bits per heavy atom. The van der Waals surface area contributed by atoms with E-state index >= 15 is 0 Å². The first kappa shape index (κ1) is 18.9. The van der Waals surface area contributed by atoms with Crippen molar-refractivity contribution in [1.82, 2.24) is 0 Å². The molecule has 124 valence electrons. The van der Waals surface area contributed by atoms with Crippen LogP contribution in [0.3, 0.4) is 0 Å². The van der Waals surface area contributed by atoms with Gasteiger partial charge in [0.15, 0.2) is 0 Å². The Morgan fingerprint density at radius 2 is 2.23 bits per heavy atom. The molecule has 0 heterocycles. The van der Waals surface area contributed by atoms with Crippen LogP contribution in [0.1, 0.15) is 44.6 Å². The maximum Gasteiger partial charge on any atom is 0.225 e. The molecule has 0 aliphatic heterocycles. The number of nitrogens with two attached hydrogens (primary N) is 1. The van der Waals surface area contributed by atoms with Gasteiger partial charge in [-0.1, -0.05) is 31.9 Å². The molecule has 1 aliphatic carbocycles. The van der Waals surface area contributed by atoms with Gasteiger partial charge < -0.3 is 15.8 Å². The van der Waals surface area contributed by atoms with Crippen LogP contribution in [0, 0.1) is 5.92 Å². The van der Waals surface area contributed by atoms with Gasteiger partial charge >= 0.3 is 0 Å². The third-order valence-electron chi connectivity index (χ3n) is 3.96. The normalized spacial score (nSPS) is 21.0. The van der Waals surface area contributed by atoms with Crippen molar-refractivity contribution in [3.05, 3.63) is 29.8 Å². The van der Waals surface area contributed by atoms with E-state index in [9.17, 15) is 4.79 Å². The summed E-state index contributed by atoms with van der Waals surface area (Å²) >= 11 is 0. The molecule has 5 heteroatoms. The first-order chi connectivity index (χ1) is 10.2. The minimum atomic E-state index is -0.0447. The summed E-state index contributed by atoms with van der Waals surface area (Å²) in [6.45, 7) is 3.27. The van der Waals surface area contributed by atoms with Gasteiger partial charge in [-0.3, -0.25) is 4.79 Å². The average molecular weight is 327 g/mol. The number of rotatable bonds is 6. The Hall–Kier alpha value is -1.10. The zero-order valence-corrected chi connectivity index (χ0v) is 14.0. The highest BCUT2D eigenvalue weighted by atomic mass is 35.5. The monoisotopic (exact) mass is 326 g/mol. The number of hydrogen-bond acceptors (Lipinski definition) is 3. The molecule has 1 fully saturated rings. The quantitative estimate of drug-likeness (QED) is 0.841. The van der Waals surface area contributed by atoms with Crippen LogP contribution < -0.4 is 11.1 Å². The van der Waals surface area contributed by atoms with Gasteiger partial charge in [0.1, 0.15) is 0 Å². The average Bonchev–Trinajstić information content (AvgIpc) is 2.46. The lowest BCUT2D eigenvalue weighted by Gasteiger charge is -2.26. The summed E-state index contributed by atoms with van der Waals surface area (Å²) in [6.07, 6.45) is 5.64. The Kier molecular flexibility index (Phi) is 8.46. The zero-order chi connectivity index (χ0) is 15.1. The molecule has 0 radical (unpaired) electrons. The second-order valence-electron chi connectivity index (χ2n) is 5.99. The molecule has 1 amide bonds. The van der Waals surface area contributed by atoms with Gasteiger partial charge in [0.05, 0.1) is 12.7 Å². The third-order valence-corrected chi connectivity index (χ3v) is 3.96. The van der Waals surface area contributed by atoms with Gasteiger partial charge in [0.2, 0.25) is 5.91 Å². The summed E-state index contributed by atoms with van der Waals surface area (Å²) in [4.78, 5) is 11.5. The molecule has 1 saturated carbocycles. The molecule has 0 aromatic heterocycles. The molecule has 2 unspecified atom stereocenters. The lowest BCUT2D eigenvalue weighted by Crippen LogP contribution is -2.21. The van der Waals surface area contributed by atoms with Crippen LogP contribution in [0.2, 0.25) is 0 Å². The van der Waals surface area contributed by atoms with Crippen molar-refractivity contribution in [2.24, 2.45) is 11.7 Å². The van der Waals surface area contributed by atoms with Gasteiger partial charge in [0.25, 0.3) is 0 Å². The minimum Gasteiger partial charge on any atom is -0.374 e. The van der Waals surface area contributed by atoms with Crippen molar-refractivity contribution >= 4 is 24.0 Å². The van der Waals surface area contributed by atoms with Gasteiger partial charge in [0, 0.05) is 18.7 Å². The van der Waals surface area contributed by atoms with Crippen LogP contribution in [0.5, 0.6) is 0 Å². The predicted molar refractivity (Wildman–Crippen MR) is 92.2 cm³/mol. The summed E-state index contributed by atoms with van der Waals surface area (Å²) in [7, 11) is 0. The first-order valence-corrected chi connectivity index (χ1v) is 7.88. The van der Waals surface area contributed by atoms with Crippen molar-refractivity contribution in [2.45, 2.75) is 51.7 Å². The van der Waals surface area contributed by atoms with Crippen LogP contribution in [0.4, 0.5) is 5.69 Å². The summed E-state index contributed by atoms with van der Waals surface area (Å²) < 4.78 is 6.01. The molecule has 1 aromatic rings. The van der Waals surface area contributed by atoms with Gasteiger partial charge in [-0.15, -0.1) is 12.4 Å². The summed E-state index contributed by atoms with van der Waals surface area (Å²) in [5.41, 5.74) is 7.28. The van der Waals surface area contributed by atoms with E-state index in [1.54, 1.807) is 0 Å². The largest absolute Gasteiger partial charge is 0.374 e. The highest BCUT2D eigenvalue weighted by Gasteiger charge is 2.19. The van der Waals surface area contributed by atoms with E-state index in [1.165, 1.54) is 12.8 Å². The number of ether oxygens (including phenoxy) is 1. The molecule has 4 nitrogen and oxygen atoms in total. The van der Waals surface area contributed by atoms with Gasteiger partial charge in [-0.05, 0) is 36.5 Å². The Balaban J connectivity index is 0.00000242. The van der Waals surface area contributed by atoms with E-state index in [-0.39, 0.29) is 18.3 Å². The van der Waals surface area contributed by atoms with Crippen molar-refractivity contribution in [2.75, 3.05) is 11.9 Å². The summed E-state index contributed by atoms with van der Waals surface area (Å²) in [5.74, 6) is 0.724. The molecule has 0 saturated heterocycles. The lowest BCUT2D eigenvalue weighted by molar-refractivity contribution is -0.116. The van der Waals surface area contributed by atoms with E-state index in [4.69, 9.17) is 10.5 Å². The fourth-order valence-electron chi connectivity index (χ4n) is 2.84. The molecular formula is C17H27ClN2O2. The zero-order valence-electron chi connectivity index (χ0n) is 13.2. The van der Waals surface area contributed by atoms with Crippen LogP contribution in [0.15, 0.2) is 24.3 Å². The molecule has 0 bridgehead atoms. The number of carbonyl (C=O) groups is 1. The van der Waals surface area contributed by atoms with E-state index in [2.05, 4.69) is 12.2 Å². The van der Waals surface area contributed by atoms with E-state index < -0.39 is 0 Å². The summed E-state index contributed by atoms with van der Waals surface area (Å²) in [5, 5.41) is 2.85. The lowest BCUT2D eigenvalue weighted by atomic mass is 9.89. The SMILES string of the molecule is CC1CCCC(OCc2cccc(NC(=O)CCN)c2)C1.Cl. The second-order valence-corrected chi connectivity index (χ2v) is 5.99. The van der Waals surface area contributed by atoms with E-state index in [0.717, 1.165) is 30.0 Å². The molecule has 1 aliphatic rings. The minimum absolute atomic E-state index is 0. The number of benzene rings is 1. The van der Waals surface area contributed by atoms with Crippen LogP contribution in [0.25, 0.3) is 0 Å². The number of anilines is 1. The maximum absolute atomic E-state index is 11.5. The van der Waals surface area contributed by atoms with Crippen LogP contribution >= 0.6 is 12.4 Å².